The van der Waals surface area contributed by atoms with E-state index in [0.29, 0.717) is 22.6 Å². The maximum Gasteiger partial charge on any atom is 0.174 e. The van der Waals surface area contributed by atoms with Crippen LogP contribution in [-0.2, 0) is 25.7 Å². The number of benzene rings is 4. The molecule has 5 heterocycles. The second-order valence-corrected chi connectivity index (χ2v) is 17.3. The second kappa shape index (κ2) is 19.7. The minimum absolute atomic E-state index is 0.663. The molecule has 8 nitrogen and oxygen atoms in total. The van der Waals surface area contributed by atoms with Crippen molar-refractivity contribution in [3.8, 4) is 45.0 Å². The van der Waals surface area contributed by atoms with E-state index in [1.54, 1.807) is 0 Å². The van der Waals surface area contributed by atoms with Gasteiger partial charge in [0.15, 0.2) is 22.6 Å². The van der Waals surface area contributed by atoms with Crippen LogP contribution >= 0.6 is 0 Å². The SMILES string of the molecule is CCCCc1ccc(-c2[nH]c3nc2ccc2[nH]c(nc2-c2ccc(CCCC)cc2)c2nc(ccc4[nH]c3nc4-c3ccc(CCCC)cc3)c(-c3ccc(CCCC)cc3)[nH]2)cc1. The van der Waals surface area contributed by atoms with Gasteiger partial charge in [-0.3, -0.25) is 0 Å². The summed E-state index contributed by atoms with van der Waals surface area (Å²) in [4.78, 5) is 35.9. The van der Waals surface area contributed by atoms with E-state index in [2.05, 4.69) is 169 Å². The third-order valence-electron chi connectivity index (χ3n) is 12.4. The van der Waals surface area contributed by atoms with E-state index >= 15 is 0 Å². The lowest BCUT2D eigenvalue weighted by Gasteiger charge is -2.03. The first kappa shape index (κ1) is 42.5. The Hall–Kier alpha value is -6.80. The molecule has 8 bridgehead atoms. The maximum atomic E-state index is 5.29. The van der Waals surface area contributed by atoms with Gasteiger partial charge in [-0.15, -0.1) is 0 Å². The topological polar surface area (TPSA) is 115 Å². The summed E-state index contributed by atoms with van der Waals surface area (Å²) in [5.41, 5.74) is 19.1. The fourth-order valence-electron chi connectivity index (χ4n) is 8.54. The monoisotopic (exact) mass is 844 g/mol. The Bertz CT molecular complexity index is 2650. The quantitative estimate of drug-likeness (QED) is 0.0775. The van der Waals surface area contributed by atoms with Gasteiger partial charge in [0, 0.05) is 22.3 Å². The molecular weight excluding hydrogens is 785 g/mol. The van der Waals surface area contributed by atoms with Crippen molar-refractivity contribution in [2.24, 2.45) is 0 Å². The predicted octanol–water partition coefficient (Wildman–Crippen LogP) is 14.9. The van der Waals surface area contributed by atoms with Crippen molar-refractivity contribution in [1.29, 1.82) is 0 Å². The van der Waals surface area contributed by atoms with Crippen LogP contribution in [0.15, 0.2) is 121 Å². The average molecular weight is 845 g/mol. The molecule has 0 atom stereocenters. The minimum atomic E-state index is 0.663. The van der Waals surface area contributed by atoms with Gasteiger partial charge in [0.2, 0.25) is 0 Å². The molecule has 0 fully saturated rings. The van der Waals surface area contributed by atoms with Crippen LogP contribution in [0.2, 0.25) is 0 Å². The fourth-order valence-corrected chi connectivity index (χ4v) is 8.54. The van der Waals surface area contributed by atoms with Gasteiger partial charge in [-0.2, -0.15) is 0 Å². The lowest BCUT2D eigenvalue weighted by atomic mass is 10.0. The molecule has 0 aliphatic carbocycles. The van der Waals surface area contributed by atoms with Crippen molar-refractivity contribution in [3.05, 3.63) is 144 Å². The molecule has 8 heteroatoms. The van der Waals surface area contributed by atoms with Gasteiger partial charge >= 0.3 is 0 Å². The standard InChI is InChI=1S/C56H60N8/c1-5-9-13-37-17-25-41(26-18-37)49-45-33-34-46-50(42-27-19-38(20-28-42)14-10-6-2)63-55(59-46)56-60-48(52(64-56)44-31-23-40(24-32-44)16-12-8-4)36-35-47-51(62-54(58-47)53(57-45)61-49)43-29-21-39(22-30-43)15-11-7-3/h17-36H,5-16H2,1-4H3,(H,57,61)(H,58,62)(H,59,63)(H,60,64). The van der Waals surface area contributed by atoms with Crippen LogP contribution in [0, 0.1) is 0 Å². The van der Waals surface area contributed by atoms with Crippen LogP contribution in [0.1, 0.15) is 101 Å². The number of rotatable bonds is 16. The zero-order valence-electron chi connectivity index (χ0n) is 37.8. The van der Waals surface area contributed by atoms with Gasteiger partial charge in [-0.25, -0.2) is 19.9 Å². The third-order valence-corrected chi connectivity index (χ3v) is 12.4. The fraction of sp³-hybridized carbons (Fsp3) is 0.286. The van der Waals surface area contributed by atoms with Crippen molar-refractivity contribution < 1.29 is 0 Å². The lowest BCUT2D eigenvalue weighted by Crippen LogP contribution is -1.86. The lowest BCUT2D eigenvalue weighted by molar-refractivity contribution is 0.795. The van der Waals surface area contributed by atoms with Gasteiger partial charge in [-0.05, 0) is 97.9 Å². The van der Waals surface area contributed by atoms with Crippen LogP contribution in [0.25, 0.3) is 89.7 Å². The molecule has 4 N–H and O–H groups in total. The first-order valence-corrected chi connectivity index (χ1v) is 23.6. The number of hydrogen-bond donors (Lipinski definition) is 4. The number of unbranched alkanes of at least 4 members (excludes halogenated alkanes) is 4. The predicted molar refractivity (Wildman–Crippen MR) is 268 cm³/mol. The highest BCUT2D eigenvalue weighted by Crippen LogP contribution is 2.31. The smallest absolute Gasteiger partial charge is 0.174 e. The molecule has 0 aliphatic rings. The van der Waals surface area contributed by atoms with Crippen molar-refractivity contribution in [2.45, 2.75) is 105 Å². The highest BCUT2D eigenvalue weighted by molar-refractivity contribution is 5.91. The Morgan fingerprint density at radius 1 is 0.312 bits per heavy atom. The Kier molecular flexibility index (Phi) is 13.1. The number of aromatic nitrogens is 8. The summed E-state index contributed by atoms with van der Waals surface area (Å²) < 4.78 is 0. The van der Waals surface area contributed by atoms with Gasteiger partial charge in [0.05, 0.1) is 44.8 Å². The number of H-pyrrole nitrogens is 4. The van der Waals surface area contributed by atoms with Crippen molar-refractivity contribution in [2.75, 3.05) is 0 Å². The number of aryl methyl sites for hydroxylation is 4. The summed E-state index contributed by atoms with van der Waals surface area (Å²) in [5, 5.41) is 0. The summed E-state index contributed by atoms with van der Waals surface area (Å²) in [6, 6.07) is 43.8. The van der Waals surface area contributed by atoms with Crippen LogP contribution in [0.5, 0.6) is 0 Å². The molecule has 0 aliphatic heterocycles. The first-order valence-electron chi connectivity index (χ1n) is 23.6. The van der Waals surface area contributed by atoms with E-state index in [9.17, 15) is 0 Å². The zero-order valence-corrected chi connectivity index (χ0v) is 37.8. The van der Waals surface area contributed by atoms with E-state index in [0.717, 1.165) is 92.8 Å². The molecule has 4 aromatic carbocycles. The molecule has 0 spiro atoms. The van der Waals surface area contributed by atoms with Crippen LogP contribution in [0.3, 0.4) is 0 Å². The first-order chi connectivity index (χ1) is 31.5. The van der Waals surface area contributed by atoms with E-state index in [1.807, 2.05) is 0 Å². The van der Waals surface area contributed by atoms with E-state index in [-0.39, 0.29) is 0 Å². The summed E-state index contributed by atoms with van der Waals surface area (Å²) in [5.74, 6) is 0. The van der Waals surface area contributed by atoms with Crippen molar-refractivity contribution >= 4 is 44.7 Å². The molecule has 0 unspecified atom stereocenters. The Morgan fingerprint density at radius 3 is 0.922 bits per heavy atom. The van der Waals surface area contributed by atoms with Gasteiger partial charge in [-0.1, -0.05) is 150 Å². The van der Waals surface area contributed by atoms with Crippen LogP contribution < -0.4 is 0 Å². The van der Waals surface area contributed by atoms with E-state index < -0.39 is 0 Å². The molecule has 0 amide bonds. The molecule has 0 radical (unpaired) electrons. The van der Waals surface area contributed by atoms with Gasteiger partial charge < -0.3 is 19.9 Å². The van der Waals surface area contributed by atoms with E-state index in [1.165, 1.54) is 73.6 Å². The van der Waals surface area contributed by atoms with Gasteiger partial charge in [0.25, 0.3) is 0 Å². The minimum Gasteiger partial charge on any atom is -0.335 e. The van der Waals surface area contributed by atoms with Gasteiger partial charge in [0.1, 0.15) is 0 Å². The summed E-state index contributed by atoms with van der Waals surface area (Å²) in [7, 11) is 0. The zero-order chi connectivity index (χ0) is 43.8. The molecule has 324 valence electrons. The maximum absolute atomic E-state index is 5.29. The number of nitrogens with one attached hydrogen (secondary N) is 4. The summed E-state index contributed by atoms with van der Waals surface area (Å²) >= 11 is 0. The summed E-state index contributed by atoms with van der Waals surface area (Å²) in [6.07, 6.45) is 13.6. The number of fused-ring (bicyclic) bond motifs is 10. The molecule has 0 saturated carbocycles. The highest BCUT2D eigenvalue weighted by atomic mass is 15.0. The molecular formula is C56H60N8. The second-order valence-electron chi connectivity index (χ2n) is 17.3. The normalized spacial score (nSPS) is 11.6. The number of nitrogens with zero attached hydrogens (tertiary/aromatic N) is 4. The molecule has 5 aromatic heterocycles. The highest BCUT2D eigenvalue weighted by Gasteiger charge is 2.15. The average Bonchev–Trinajstić information content (AvgIpc) is 4.16. The summed E-state index contributed by atoms with van der Waals surface area (Å²) in [6.45, 7) is 8.95. The Labute approximate surface area is 376 Å². The number of imidazole rings is 4. The molecule has 9 aromatic rings. The van der Waals surface area contributed by atoms with E-state index in [4.69, 9.17) is 19.9 Å². The van der Waals surface area contributed by atoms with Crippen molar-refractivity contribution in [3.63, 3.8) is 0 Å². The largest absolute Gasteiger partial charge is 0.335 e. The van der Waals surface area contributed by atoms with Crippen LogP contribution in [0.4, 0.5) is 0 Å². The van der Waals surface area contributed by atoms with Crippen LogP contribution in [-0.4, -0.2) is 39.9 Å². The number of aromatic amines is 4. The molecule has 0 saturated heterocycles. The van der Waals surface area contributed by atoms with Crippen molar-refractivity contribution in [1.82, 2.24) is 39.9 Å². The molecule has 9 rings (SSSR count). The number of hydrogen-bond acceptors (Lipinski definition) is 4. The molecule has 64 heavy (non-hydrogen) atoms. The Balaban J connectivity index is 1.29. The third kappa shape index (κ3) is 9.42. The Morgan fingerprint density at radius 2 is 0.609 bits per heavy atom.